The first-order valence-corrected chi connectivity index (χ1v) is 9.44. The van der Waals surface area contributed by atoms with E-state index in [4.69, 9.17) is 0 Å². The third-order valence-corrected chi connectivity index (χ3v) is 5.45. The third kappa shape index (κ3) is 3.12. The topological polar surface area (TPSA) is 38.1 Å². The molecule has 0 saturated carbocycles. The number of hydrogen-bond donors (Lipinski definition) is 0. The normalized spacial score (nSPS) is 15.9. The van der Waals surface area contributed by atoms with E-state index >= 15 is 0 Å². The van der Waals surface area contributed by atoms with Crippen molar-refractivity contribution in [2.24, 2.45) is 0 Å². The highest BCUT2D eigenvalue weighted by Gasteiger charge is 2.30. The number of fused-ring (bicyclic) bond motifs is 1. The van der Waals surface area contributed by atoms with Gasteiger partial charge in [0.25, 0.3) is 0 Å². The molecule has 1 atom stereocenters. The lowest BCUT2D eigenvalue weighted by molar-refractivity contribution is -0.116. The van der Waals surface area contributed by atoms with Crippen LogP contribution in [-0.4, -0.2) is 27.3 Å². The maximum Gasteiger partial charge on any atom is 0.237 e. The zero-order chi connectivity index (χ0) is 18.1. The molecule has 132 valence electrons. The summed E-state index contributed by atoms with van der Waals surface area (Å²) in [6.45, 7) is 2.07. The quantitative estimate of drug-likeness (QED) is 0.652. The van der Waals surface area contributed by atoms with Crippen LogP contribution in [0.3, 0.4) is 0 Å². The van der Waals surface area contributed by atoms with E-state index < -0.39 is 0 Å². The summed E-state index contributed by atoms with van der Waals surface area (Å²) >= 11 is 1.36. The van der Waals surface area contributed by atoms with Crippen LogP contribution >= 0.6 is 11.8 Å². The molecule has 0 N–H and O–H groups in total. The first kappa shape index (κ1) is 16.8. The Kier molecular flexibility index (Phi) is 4.51. The van der Waals surface area contributed by atoms with E-state index in [1.54, 1.807) is 23.0 Å². The molecular formula is C20H18FN3OS. The second-order valence-corrected chi connectivity index (χ2v) is 7.24. The fourth-order valence-electron chi connectivity index (χ4n) is 3.36. The van der Waals surface area contributed by atoms with Gasteiger partial charge in [0.2, 0.25) is 5.91 Å². The summed E-state index contributed by atoms with van der Waals surface area (Å²) < 4.78 is 15.3. The third-order valence-electron chi connectivity index (χ3n) is 4.49. The van der Waals surface area contributed by atoms with Gasteiger partial charge in [-0.3, -0.25) is 9.36 Å². The molecule has 4 rings (SSSR count). The van der Waals surface area contributed by atoms with E-state index in [9.17, 15) is 9.18 Å². The Morgan fingerprint density at radius 3 is 2.96 bits per heavy atom. The second kappa shape index (κ2) is 6.96. The SMILES string of the molecule is C[C@H]1Cc2ccccc2N1C(=O)CSc1nccn1-c1cccc(F)c1. The number of imidazole rings is 1. The number of thioether (sulfide) groups is 1. The molecule has 1 aromatic heterocycles. The molecule has 0 spiro atoms. The Hall–Kier alpha value is -2.60. The molecule has 0 radical (unpaired) electrons. The molecule has 1 amide bonds. The standard InChI is InChI=1S/C20H18FN3OS/c1-14-11-15-5-2-3-8-18(15)24(14)19(25)13-26-20-22-9-10-23(20)17-7-4-6-16(21)12-17/h2-10,12,14H,11,13H2,1H3/t14-/m0/s1. The smallest absolute Gasteiger partial charge is 0.237 e. The van der Waals surface area contributed by atoms with Gasteiger partial charge in [0.1, 0.15) is 5.82 Å². The number of carbonyl (C=O) groups is 1. The Balaban J connectivity index is 1.51. The molecule has 0 aliphatic carbocycles. The van der Waals surface area contributed by atoms with Gasteiger partial charge in [-0.2, -0.15) is 0 Å². The zero-order valence-electron chi connectivity index (χ0n) is 14.3. The van der Waals surface area contributed by atoms with Crippen LogP contribution in [0.1, 0.15) is 12.5 Å². The minimum atomic E-state index is -0.300. The summed E-state index contributed by atoms with van der Waals surface area (Å²) in [7, 11) is 0. The van der Waals surface area contributed by atoms with Gasteiger partial charge in [-0.25, -0.2) is 9.37 Å². The minimum absolute atomic E-state index is 0.0567. The van der Waals surface area contributed by atoms with Crippen molar-refractivity contribution in [1.82, 2.24) is 9.55 Å². The molecule has 1 aliphatic rings. The van der Waals surface area contributed by atoms with Crippen molar-refractivity contribution >= 4 is 23.4 Å². The van der Waals surface area contributed by atoms with Crippen LogP contribution in [0.25, 0.3) is 5.69 Å². The van der Waals surface area contributed by atoms with Crippen molar-refractivity contribution in [3.05, 3.63) is 72.3 Å². The summed E-state index contributed by atoms with van der Waals surface area (Å²) in [6, 6.07) is 14.5. The molecule has 1 aliphatic heterocycles. The number of hydrogen-bond acceptors (Lipinski definition) is 3. The van der Waals surface area contributed by atoms with Crippen molar-refractivity contribution in [3.63, 3.8) is 0 Å². The monoisotopic (exact) mass is 367 g/mol. The lowest BCUT2D eigenvalue weighted by Gasteiger charge is -2.22. The van der Waals surface area contributed by atoms with E-state index in [0.29, 0.717) is 10.8 Å². The fraction of sp³-hybridized carbons (Fsp3) is 0.200. The number of para-hydroxylation sites is 1. The van der Waals surface area contributed by atoms with Crippen LogP contribution in [0, 0.1) is 5.82 Å². The Labute approximate surface area is 155 Å². The largest absolute Gasteiger partial charge is 0.308 e. The van der Waals surface area contributed by atoms with E-state index in [1.807, 2.05) is 29.2 Å². The van der Waals surface area contributed by atoms with Crippen LogP contribution < -0.4 is 4.90 Å². The number of nitrogens with zero attached hydrogens (tertiary/aromatic N) is 3. The van der Waals surface area contributed by atoms with Crippen LogP contribution in [0.2, 0.25) is 0 Å². The number of aromatic nitrogens is 2. The van der Waals surface area contributed by atoms with Crippen LogP contribution in [-0.2, 0) is 11.2 Å². The summed E-state index contributed by atoms with van der Waals surface area (Å²) in [4.78, 5) is 19.0. The van der Waals surface area contributed by atoms with E-state index in [-0.39, 0.29) is 23.5 Å². The fourth-order valence-corrected chi connectivity index (χ4v) is 4.19. The van der Waals surface area contributed by atoms with Crippen molar-refractivity contribution in [2.45, 2.75) is 24.5 Å². The average Bonchev–Trinajstić information content (AvgIpc) is 3.23. The van der Waals surface area contributed by atoms with Gasteiger partial charge < -0.3 is 4.90 Å². The number of benzene rings is 2. The molecule has 0 saturated heterocycles. The molecule has 3 aromatic rings. The van der Waals surface area contributed by atoms with E-state index in [2.05, 4.69) is 18.0 Å². The number of halogens is 1. The number of rotatable bonds is 4. The Morgan fingerprint density at radius 2 is 2.12 bits per heavy atom. The van der Waals surface area contributed by atoms with Gasteiger partial charge in [0.05, 0.1) is 11.4 Å². The van der Waals surface area contributed by atoms with Gasteiger partial charge in [0.15, 0.2) is 5.16 Å². The molecule has 26 heavy (non-hydrogen) atoms. The van der Waals surface area contributed by atoms with Crippen LogP contribution in [0.5, 0.6) is 0 Å². The highest BCUT2D eigenvalue weighted by Crippen LogP contribution is 2.33. The lowest BCUT2D eigenvalue weighted by Crippen LogP contribution is -2.37. The number of anilines is 1. The first-order chi connectivity index (χ1) is 12.6. The van der Waals surface area contributed by atoms with Crippen molar-refractivity contribution in [1.29, 1.82) is 0 Å². The molecule has 0 bridgehead atoms. The molecule has 6 heteroatoms. The van der Waals surface area contributed by atoms with Crippen molar-refractivity contribution < 1.29 is 9.18 Å². The molecule has 2 aromatic carbocycles. The molecule has 0 unspecified atom stereocenters. The number of amides is 1. The van der Waals surface area contributed by atoms with Gasteiger partial charge >= 0.3 is 0 Å². The Bertz CT molecular complexity index is 955. The molecular weight excluding hydrogens is 349 g/mol. The molecule has 2 heterocycles. The highest BCUT2D eigenvalue weighted by atomic mass is 32.2. The maximum absolute atomic E-state index is 13.5. The van der Waals surface area contributed by atoms with Crippen LogP contribution in [0.4, 0.5) is 10.1 Å². The number of carbonyl (C=O) groups excluding carboxylic acids is 1. The summed E-state index contributed by atoms with van der Waals surface area (Å²) in [5.41, 5.74) is 2.90. The minimum Gasteiger partial charge on any atom is -0.308 e. The predicted octanol–water partition coefficient (Wildman–Crippen LogP) is 4.08. The van der Waals surface area contributed by atoms with E-state index in [1.165, 1.54) is 29.5 Å². The predicted molar refractivity (Wildman–Crippen MR) is 101 cm³/mol. The zero-order valence-corrected chi connectivity index (χ0v) is 15.1. The highest BCUT2D eigenvalue weighted by molar-refractivity contribution is 7.99. The second-order valence-electron chi connectivity index (χ2n) is 6.29. The van der Waals surface area contributed by atoms with Crippen molar-refractivity contribution in [3.8, 4) is 5.69 Å². The molecule has 4 nitrogen and oxygen atoms in total. The van der Waals surface area contributed by atoms with Gasteiger partial charge in [0, 0.05) is 24.1 Å². The summed E-state index contributed by atoms with van der Waals surface area (Å²) in [6.07, 6.45) is 4.31. The van der Waals surface area contributed by atoms with E-state index in [0.717, 1.165) is 12.1 Å². The maximum atomic E-state index is 13.5. The van der Waals surface area contributed by atoms with Gasteiger partial charge in [-0.15, -0.1) is 0 Å². The van der Waals surface area contributed by atoms with Gasteiger partial charge in [-0.1, -0.05) is 36.0 Å². The summed E-state index contributed by atoms with van der Waals surface area (Å²) in [5, 5.41) is 0.670. The Morgan fingerprint density at radius 1 is 1.27 bits per heavy atom. The molecule has 0 fully saturated rings. The summed E-state index contributed by atoms with van der Waals surface area (Å²) in [5.74, 6) is 0.0392. The van der Waals surface area contributed by atoms with Crippen molar-refractivity contribution in [2.75, 3.05) is 10.7 Å². The lowest BCUT2D eigenvalue weighted by atomic mass is 10.1. The van der Waals surface area contributed by atoms with Gasteiger partial charge in [-0.05, 0) is 43.2 Å². The average molecular weight is 367 g/mol. The van der Waals surface area contributed by atoms with Crippen LogP contribution in [0.15, 0.2) is 66.1 Å². The first-order valence-electron chi connectivity index (χ1n) is 8.45.